The minimum Gasteiger partial charge on any atom is -0.301 e. The molecule has 2 heterocycles. The fourth-order valence-electron chi connectivity index (χ4n) is 2.78. The standard InChI is InChI=1S/C20H20N4O/c1-14(15-6-4-3-5-7-15)12-17(21)20-23-18(13-19(25)24(20)2)16-8-10-22-11-9-16/h3-11,13-14,21H,12H2,1-2H3. The van der Waals surface area contributed by atoms with Crippen LogP contribution in [0.1, 0.15) is 30.7 Å². The van der Waals surface area contributed by atoms with E-state index in [2.05, 4.69) is 29.0 Å². The fourth-order valence-corrected chi connectivity index (χ4v) is 2.78. The van der Waals surface area contributed by atoms with Crippen molar-refractivity contribution in [3.63, 3.8) is 0 Å². The number of rotatable bonds is 5. The summed E-state index contributed by atoms with van der Waals surface area (Å²) in [4.78, 5) is 20.9. The Morgan fingerprint density at radius 2 is 1.84 bits per heavy atom. The van der Waals surface area contributed by atoms with Gasteiger partial charge in [0, 0.05) is 31.1 Å². The second kappa shape index (κ2) is 7.21. The minimum atomic E-state index is -0.172. The summed E-state index contributed by atoms with van der Waals surface area (Å²) in [7, 11) is 1.66. The molecule has 0 radical (unpaired) electrons. The molecule has 1 unspecified atom stereocenters. The first-order chi connectivity index (χ1) is 12.1. The molecular weight excluding hydrogens is 312 g/mol. The summed E-state index contributed by atoms with van der Waals surface area (Å²) >= 11 is 0. The lowest BCUT2D eigenvalue weighted by molar-refractivity contribution is 0.767. The summed E-state index contributed by atoms with van der Waals surface area (Å²) in [5, 5.41) is 8.47. The third kappa shape index (κ3) is 3.71. The van der Waals surface area contributed by atoms with Gasteiger partial charge in [-0.3, -0.25) is 14.3 Å². The highest BCUT2D eigenvalue weighted by Gasteiger charge is 2.15. The minimum absolute atomic E-state index is 0.172. The van der Waals surface area contributed by atoms with Crippen molar-refractivity contribution >= 4 is 5.71 Å². The smallest absolute Gasteiger partial charge is 0.254 e. The van der Waals surface area contributed by atoms with Gasteiger partial charge in [-0.15, -0.1) is 0 Å². The third-order valence-corrected chi connectivity index (χ3v) is 4.26. The van der Waals surface area contributed by atoms with Gasteiger partial charge in [-0.05, 0) is 30.0 Å². The third-order valence-electron chi connectivity index (χ3n) is 4.26. The normalized spacial score (nSPS) is 11.9. The van der Waals surface area contributed by atoms with Gasteiger partial charge >= 0.3 is 0 Å². The summed E-state index contributed by atoms with van der Waals surface area (Å²) < 4.78 is 1.44. The van der Waals surface area contributed by atoms with Crippen LogP contribution in [0.3, 0.4) is 0 Å². The largest absolute Gasteiger partial charge is 0.301 e. The molecule has 0 saturated carbocycles. The first kappa shape index (κ1) is 16.8. The van der Waals surface area contributed by atoms with E-state index >= 15 is 0 Å². The van der Waals surface area contributed by atoms with Crippen molar-refractivity contribution < 1.29 is 0 Å². The molecule has 3 aromatic rings. The molecule has 126 valence electrons. The topological polar surface area (TPSA) is 71.6 Å². The van der Waals surface area contributed by atoms with Crippen molar-refractivity contribution in [2.24, 2.45) is 7.05 Å². The molecule has 1 atom stereocenters. The monoisotopic (exact) mass is 332 g/mol. The highest BCUT2D eigenvalue weighted by Crippen LogP contribution is 2.21. The van der Waals surface area contributed by atoms with E-state index in [-0.39, 0.29) is 11.5 Å². The molecule has 0 aliphatic rings. The number of pyridine rings is 1. The van der Waals surface area contributed by atoms with Crippen molar-refractivity contribution in [1.82, 2.24) is 14.5 Å². The zero-order valence-electron chi connectivity index (χ0n) is 14.3. The van der Waals surface area contributed by atoms with Gasteiger partial charge in [-0.25, -0.2) is 4.98 Å². The maximum atomic E-state index is 12.3. The molecule has 0 spiro atoms. The van der Waals surface area contributed by atoms with E-state index in [9.17, 15) is 4.79 Å². The van der Waals surface area contributed by atoms with Crippen molar-refractivity contribution in [2.75, 3.05) is 0 Å². The van der Waals surface area contributed by atoms with Crippen molar-refractivity contribution in [3.05, 3.63) is 82.7 Å². The lowest BCUT2D eigenvalue weighted by Crippen LogP contribution is -2.25. The van der Waals surface area contributed by atoms with Crippen LogP contribution in [0.2, 0.25) is 0 Å². The average Bonchev–Trinajstić information content (AvgIpc) is 2.65. The molecule has 5 heteroatoms. The second-order valence-corrected chi connectivity index (χ2v) is 6.09. The van der Waals surface area contributed by atoms with Gasteiger partial charge in [0.2, 0.25) is 0 Å². The van der Waals surface area contributed by atoms with E-state index in [0.29, 0.717) is 23.7 Å². The quantitative estimate of drug-likeness (QED) is 0.728. The number of aromatic nitrogens is 3. The summed E-state index contributed by atoms with van der Waals surface area (Å²) in [6, 6.07) is 15.2. The van der Waals surface area contributed by atoms with Gasteiger partial charge in [-0.2, -0.15) is 0 Å². The molecule has 3 rings (SSSR count). The molecule has 0 bridgehead atoms. The summed E-state index contributed by atoms with van der Waals surface area (Å²) in [5.74, 6) is 0.581. The van der Waals surface area contributed by atoms with E-state index in [1.807, 2.05) is 30.3 Å². The van der Waals surface area contributed by atoms with Crippen LogP contribution >= 0.6 is 0 Å². The number of nitrogens with zero attached hydrogens (tertiary/aromatic N) is 3. The van der Waals surface area contributed by atoms with E-state index in [4.69, 9.17) is 5.41 Å². The van der Waals surface area contributed by atoms with Gasteiger partial charge in [0.15, 0.2) is 5.82 Å². The predicted octanol–water partition coefficient (Wildman–Crippen LogP) is 3.40. The Kier molecular flexibility index (Phi) is 4.84. The van der Waals surface area contributed by atoms with Crippen LogP contribution in [-0.2, 0) is 7.05 Å². The van der Waals surface area contributed by atoms with Crippen LogP contribution in [0.15, 0.2) is 65.7 Å². The average molecular weight is 332 g/mol. The molecule has 1 N–H and O–H groups in total. The highest BCUT2D eigenvalue weighted by molar-refractivity contribution is 5.95. The molecule has 0 fully saturated rings. The zero-order chi connectivity index (χ0) is 17.8. The lowest BCUT2D eigenvalue weighted by Gasteiger charge is -2.15. The summed E-state index contributed by atoms with van der Waals surface area (Å²) in [6.07, 6.45) is 3.85. The first-order valence-corrected chi connectivity index (χ1v) is 8.17. The first-order valence-electron chi connectivity index (χ1n) is 8.17. The molecule has 5 nitrogen and oxygen atoms in total. The van der Waals surface area contributed by atoms with E-state index in [0.717, 1.165) is 5.56 Å². The predicted molar refractivity (Wildman–Crippen MR) is 99.0 cm³/mol. The van der Waals surface area contributed by atoms with Crippen molar-refractivity contribution in [3.8, 4) is 11.3 Å². The molecule has 25 heavy (non-hydrogen) atoms. The summed E-state index contributed by atoms with van der Waals surface area (Å²) in [6.45, 7) is 2.08. The van der Waals surface area contributed by atoms with Crippen LogP contribution in [0, 0.1) is 5.41 Å². The number of hydrogen-bond acceptors (Lipinski definition) is 4. The Bertz CT molecular complexity index is 933. The number of nitrogens with one attached hydrogen (secondary N) is 1. The van der Waals surface area contributed by atoms with Gasteiger partial charge < -0.3 is 5.41 Å². The van der Waals surface area contributed by atoms with E-state index in [1.165, 1.54) is 16.2 Å². The molecule has 2 aromatic heterocycles. The summed E-state index contributed by atoms with van der Waals surface area (Å²) in [5.41, 5.74) is 2.73. The SMILES string of the molecule is CC(CC(=N)c1nc(-c2ccncc2)cc(=O)n1C)c1ccccc1. The van der Waals surface area contributed by atoms with Crippen LogP contribution < -0.4 is 5.56 Å². The van der Waals surface area contributed by atoms with Gasteiger partial charge in [0.05, 0.1) is 11.4 Å². The molecular formula is C20H20N4O. The Morgan fingerprint density at radius 3 is 2.52 bits per heavy atom. The molecule has 1 aromatic carbocycles. The highest BCUT2D eigenvalue weighted by atomic mass is 16.1. The van der Waals surface area contributed by atoms with Crippen LogP contribution in [-0.4, -0.2) is 20.2 Å². The van der Waals surface area contributed by atoms with Crippen molar-refractivity contribution in [2.45, 2.75) is 19.3 Å². The van der Waals surface area contributed by atoms with Gasteiger partial charge in [-0.1, -0.05) is 37.3 Å². The maximum Gasteiger partial charge on any atom is 0.254 e. The van der Waals surface area contributed by atoms with Crippen LogP contribution in [0.5, 0.6) is 0 Å². The van der Waals surface area contributed by atoms with E-state index in [1.54, 1.807) is 19.4 Å². The fraction of sp³-hybridized carbons (Fsp3) is 0.200. The second-order valence-electron chi connectivity index (χ2n) is 6.09. The zero-order valence-corrected chi connectivity index (χ0v) is 14.3. The molecule has 0 aliphatic heterocycles. The lowest BCUT2D eigenvalue weighted by atomic mass is 9.95. The Morgan fingerprint density at radius 1 is 1.16 bits per heavy atom. The van der Waals surface area contributed by atoms with E-state index < -0.39 is 0 Å². The number of hydrogen-bond donors (Lipinski definition) is 1. The van der Waals surface area contributed by atoms with Crippen LogP contribution in [0.25, 0.3) is 11.3 Å². The Labute approximate surface area is 146 Å². The number of benzene rings is 1. The van der Waals surface area contributed by atoms with Crippen LogP contribution in [0.4, 0.5) is 0 Å². The molecule has 0 aliphatic carbocycles. The van der Waals surface area contributed by atoms with Gasteiger partial charge in [0.1, 0.15) is 0 Å². The van der Waals surface area contributed by atoms with Gasteiger partial charge in [0.25, 0.3) is 5.56 Å². The molecule has 0 amide bonds. The Hall–Kier alpha value is -3.08. The van der Waals surface area contributed by atoms with Crippen molar-refractivity contribution in [1.29, 1.82) is 5.41 Å². The molecule has 0 saturated heterocycles. The maximum absolute atomic E-state index is 12.3. The Balaban J connectivity index is 1.92.